The number of allylic oxidation sites excluding steroid dienone is 2. The Morgan fingerprint density at radius 1 is 1.04 bits per heavy atom. The fourth-order valence-electron chi connectivity index (χ4n) is 4.21. The van der Waals surface area contributed by atoms with E-state index in [9.17, 15) is 0 Å². The first-order valence-electron chi connectivity index (χ1n) is 10.2. The summed E-state index contributed by atoms with van der Waals surface area (Å²) in [5.41, 5.74) is -0.511. The number of hydrogen-bond acceptors (Lipinski definition) is 2. The Morgan fingerprint density at radius 2 is 1.58 bits per heavy atom. The van der Waals surface area contributed by atoms with E-state index in [0.717, 1.165) is 12.2 Å². The van der Waals surface area contributed by atoms with Gasteiger partial charge in [-0.05, 0) is 46.5 Å². The number of hydrogen-bond donors (Lipinski definition) is 0. The molecule has 1 aliphatic heterocycles. The second-order valence-corrected chi connectivity index (χ2v) is 14.1. The van der Waals surface area contributed by atoms with E-state index in [4.69, 9.17) is 9.31 Å². The normalized spacial score (nSPS) is 23.6. The van der Waals surface area contributed by atoms with Crippen LogP contribution >= 0.6 is 0 Å². The van der Waals surface area contributed by atoms with Crippen LogP contribution in [0.15, 0.2) is 41.6 Å². The smallest absolute Gasteiger partial charge is 0.403 e. The Hall–Kier alpha value is -0.838. The molecule has 1 aromatic carbocycles. The lowest BCUT2D eigenvalue weighted by Crippen LogP contribution is -2.45. The second-order valence-electron chi connectivity index (χ2n) is 9.62. The van der Waals surface area contributed by atoms with Gasteiger partial charge in [-0.1, -0.05) is 72.7 Å². The average Bonchev–Trinajstić information content (AvgIpc) is 3.13. The van der Waals surface area contributed by atoms with Gasteiger partial charge in [0.25, 0.3) is 0 Å². The third kappa shape index (κ3) is 4.03. The molecule has 2 aliphatic rings. The summed E-state index contributed by atoms with van der Waals surface area (Å²) in [7, 11) is -1.87. The fraction of sp³-hybridized carbons (Fsp3) is 0.636. The van der Waals surface area contributed by atoms with E-state index < -0.39 is 8.07 Å². The topological polar surface area (TPSA) is 18.5 Å². The SMILES string of the molecule is CC1(C)OB(C/C(=C\C2CCCC2)[Si](C)(C)c2ccccc2)OC1(C)C. The maximum Gasteiger partial charge on any atom is 0.461 e. The lowest BCUT2D eigenvalue weighted by molar-refractivity contribution is 0.00578. The van der Waals surface area contributed by atoms with Crippen LogP contribution in [0.4, 0.5) is 0 Å². The van der Waals surface area contributed by atoms with Crippen molar-refractivity contribution >= 4 is 20.4 Å². The van der Waals surface area contributed by atoms with Gasteiger partial charge in [0.2, 0.25) is 0 Å². The van der Waals surface area contributed by atoms with E-state index >= 15 is 0 Å². The van der Waals surface area contributed by atoms with Crippen LogP contribution in [0.5, 0.6) is 0 Å². The molecule has 26 heavy (non-hydrogen) atoms. The molecule has 0 amide bonds. The van der Waals surface area contributed by atoms with Crippen molar-refractivity contribution in [3.63, 3.8) is 0 Å². The van der Waals surface area contributed by atoms with Gasteiger partial charge in [0, 0.05) is 6.32 Å². The molecule has 0 bridgehead atoms. The maximum atomic E-state index is 6.35. The molecular weight excluding hydrogens is 335 g/mol. The average molecular weight is 370 g/mol. The highest BCUT2D eigenvalue weighted by atomic mass is 28.3. The van der Waals surface area contributed by atoms with Crippen LogP contribution in [0.3, 0.4) is 0 Å². The molecule has 3 rings (SSSR count). The van der Waals surface area contributed by atoms with Gasteiger partial charge < -0.3 is 9.31 Å². The molecule has 4 heteroatoms. The molecule has 0 spiro atoms. The minimum atomic E-state index is -1.74. The van der Waals surface area contributed by atoms with Gasteiger partial charge in [-0.25, -0.2) is 0 Å². The van der Waals surface area contributed by atoms with Crippen LogP contribution in [0.25, 0.3) is 0 Å². The van der Waals surface area contributed by atoms with Crippen molar-refractivity contribution in [1.82, 2.24) is 0 Å². The lowest BCUT2D eigenvalue weighted by Gasteiger charge is -2.32. The van der Waals surface area contributed by atoms with Crippen LogP contribution in [0, 0.1) is 5.92 Å². The second kappa shape index (κ2) is 7.29. The molecule has 0 unspecified atom stereocenters. The summed E-state index contributed by atoms with van der Waals surface area (Å²) in [5.74, 6) is 0.739. The molecule has 142 valence electrons. The molecule has 1 aliphatic carbocycles. The van der Waals surface area contributed by atoms with Crippen molar-refractivity contribution in [2.45, 2.75) is 84.0 Å². The Labute approximate surface area is 161 Å². The van der Waals surface area contributed by atoms with Crippen molar-refractivity contribution in [3.05, 3.63) is 41.6 Å². The number of rotatable bonds is 5. The van der Waals surface area contributed by atoms with Gasteiger partial charge in [0.1, 0.15) is 8.07 Å². The molecule has 1 saturated heterocycles. The van der Waals surface area contributed by atoms with Crippen molar-refractivity contribution in [2.75, 3.05) is 0 Å². The standard InChI is InChI=1S/C22H35BO2Si/c1-21(2)22(3,4)25-23(24-21)17-20(16-18-12-10-11-13-18)26(5,6)19-14-8-7-9-15-19/h7-9,14-16,18H,10-13,17H2,1-6H3/b20-16+. The molecule has 0 N–H and O–H groups in total. The summed E-state index contributed by atoms with van der Waals surface area (Å²) < 4.78 is 12.7. The molecule has 0 aromatic heterocycles. The van der Waals surface area contributed by atoms with Crippen LogP contribution in [0.2, 0.25) is 19.4 Å². The van der Waals surface area contributed by atoms with Crippen LogP contribution in [0.1, 0.15) is 53.4 Å². The first kappa shape index (κ1) is 19.9. The maximum absolute atomic E-state index is 6.35. The van der Waals surface area contributed by atoms with Crippen molar-refractivity contribution in [2.24, 2.45) is 5.92 Å². The van der Waals surface area contributed by atoms with Crippen molar-refractivity contribution in [1.29, 1.82) is 0 Å². The van der Waals surface area contributed by atoms with E-state index in [1.165, 1.54) is 30.9 Å². The van der Waals surface area contributed by atoms with E-state index in [1.54, 1.807) is 5.20 Å². The van der Waals surface area contributed by atoms with Gasteiger partial charge in [0.05, 0.1) is 11.2 Å². The molecule has 1 aromatic rings. The number of benzene rings is 1. The van der Waals surface area contributed by atoms with E-state index in [-0.39, 0.29) is 18.3 Å². The minimum absolute atomic E-state index is 0.136. The predicted molar refractivity (Wildman–Crippen MR) is 114 cm³/mol. The molecular formula is C22H35BO2Si. The third-order valence-electron chi connectivity index (χ3n) is 6.82. The summed E-state index contributed by atoms with van der Waals surface area (Å²) in [6, 6.07) is 11.1. The Balaban J connectivity index is 1.87. The van der Waals surface area contributed by atoms with E-state index in [0.29, 0.717) is 0 Å². The van der Waals surface area contributed by atoms with Gasteiger partial charge in [-0.15, -0.1) is 0 Å². The predicted octanol–water partition coefficient (Wildman–Crippen LogP) is 5.35. The Kier molecular flexibility index (Phi) is 5.58. The highest BCUT2D eigenvalue weighted by Gasteiger charge is 2.51. The van der Waals surface area contributed by atoms with Gasteiger partial charge >= 0.3 is 7.12 Å². The monoisotopic (exact) mass is 370 g/mol. The van der Waals surface area contributed by atoms with Gasteiger partial charge in [0.15, 0.2) is 0 Å². The fourth-order valence-corrected chi connectivity index (χ4v) is 6.93. The highest BCUT2D eigenvalue weighted by Crippen LogP contribution is 2.40. The summed E-state index contributed by atoms with van der Waals surface area (Å²) in [6.45, 7) is 13.5. The molecule has 0 atom stereocenters. The quantitative estimate of drug-likeness (QED) is 0.651. The van der Waals surface area contributed by atoms with Crippen molar-refractivity contribution < 1.29 is 9.31 Å². The summed E-state index contributed by atoms with van der Waals surface area (Å²) >= 11 is 0. The molecule has 2 nitrogen and oxygen atoms in total. The van der Waals surface area contributed by atoms with Gasteiger partial charge in [-0.2, -0.15) is 0 Å². The van der Waals surface area contributed by atoms with Crippen molar-refractivity contribution in [3.8, 4) is 0 Å². The zero-order valence-electron chi connectivity index (χ0n) is 17.5. The highest BCUT2D eigenvalue weighted by molar-refractivity contribution is 6.96. The first-order chi connectivity index (χ1) is 12.1. The zero-order valence-corrected chi connectivity index (χ0v) is 18.5. The Bertz CT molecular complexity index is 629. The molecule has 1 saturated carbocycles. The largest absolute Gasteiger partial charge is 0.461 e. The molecule has 2 fully saturated rings. The van der Waals surface area contributed by atoms with E-state index in [2.05, 4.69) is 77.2 Å². The van der Waals surface area contributed by atoms with Crippen LogP contribution in [-0.2, 0) is 9.31 Å². The summed E-state index contributed by atoms with van der Waals surface area (Å²) in [4.78, 5) is 0. The van der Waals surface area contributed by atoms with E-state index in [1.807, 2.05) is 0 Å². The van der Waals surface area contributed by atoms with Gasteiger partial charge in [-0.3, -0.25) is 0 Å². The zero-order chi connectivity index (χ0) is 19.0. The molecule has 0 radical (unpaired) electrons. The molecule has 1 heterocycles. The summed E-state index contributed by atoms with van der Waals surface area (Å²) in [6.07, 6.45) is 8.93. The van der Waals surface area contributed by atoms with Crippen LogP contribution < -0.4 is 5.19 Å². The minimum Gasteiger partial charge on any atom is -0.403 e. The Morgan fingerprint density at radius 3 is 2.12 bits per heavy atom. The third-order valence-corrected chi connectivity index (χ3v) is 10.6. The summed E-state index contributed by atoms with van der Waals surface area (Å²) in [5, 5.41) is 3.09. The lowest BCUT2D eigenvalue weighted by atomic mass is 9.84. The first-order valence-corrected chi connectivity index (χ1v) is 13.2. The van der Waals surface area contributed by atoms with Crippen LogP contribution in [-0.4, -0.2) is 26.4 Å².